The fourth-order valence-electron chi connectivity index (χ4n) is 10.0. The molecule has 12 rings (SSSR count). The first-order valence-corrected chi connectivity index (χ1v) is 25.4. The fraction of sp³-hybridized carbons (Fsp3) is 0.148. The largest absolute Gasteiger partial charge is 0.140 e. The highest BCUT2D eigenvalue weighted by molar-refractivity contribution is 7.35. The topological polar surface area (TPSA) is 0 Å². The van der Waals surface area contributed by atoms with Gasteiger partial charge in [-0.1, -0.05) is 119 Å². The molecule has 6 heteroatoms. The monoisotopic (exact) mass is 880 g/mol. The lowest BCUT2D eigenvalue weighted by Gasteiger charge is -2.34. The van der Waals surface area contributed by atoms with Gasteiger partial charge in [-0.2, -0.15) is 0 Å². The van der Waals surface area contributed by atoms with Gasteiger partial charge in [0.15, 0.2) is 0 Å². The van der Waals surface area contributed by atoms with Crippen molar-refractivity contribution in [2.75, 3.05) is 0 Å². The van der Waals surface area contributed by atoms with Crippen molar-refractivity contribution in [2.45, 2.75) is 52.4 Å². The summed E-state index contributed by atoms with van der Waals surface area (Å²) in [6.07, 6.45) is 0. The molecule has 0 saturated carbocycles. The number of fused-ring (bicyclic) bond motifs is 9. The Bertz CT molecular complexity index is 2980. The molecule has 0 bridgehead atoms. The molecule has 6 heterocycles. The normalized spacial score (nSPS) is 14.4. The van der Waals surface area contributed by atoms with Crippen LogP contribution in [0.3, 0.4) is 0 Å². The van der Waals surface area contributed by atoms with Crippen molar-refractivity contribution in [1.29, 1.82) is 0 Å². The van der Waals surface area contributed by atoms with Crippen LogP contribution in [0.5, 0.6) is 0 Å². The molecule has 0 radical (unpaired) electrons. The van der Waals surface area contributed by atoms with E-state index in [4.69, 9.17) is 0 Å². The Balaban J connectivity index is 1.24. The minimum absolute atomic E-state index is 0.474. The van der Waals surface area contributed by atoms with Crippen molar-refractivity contribution in [3.63, 3.8) is 0 Å². The maximum absolute atomic E-state index is 2.56. The SMILES string of the molecule is Cc1ccc(C2(c3ccc(C)cc3)c3cc(-c4ccc(C)s4)sc3-c3sc4c5c(sc4c32)-c2sc(-c3ccc(C)s3)cc2C5(c2ccc(C)cc2)c2ccc(C)cc2)cc1. The van der Waals surface area contributed by atoms with Crippen molar-refractivity contribution in [2.24, 2.45) is 0 Å². The molecule has 2 aliphatic carbocycles. The first-order valence-electron chi connectivity index (χ1n) is 20.5. The van der Waals surface area contributed by atoms with Gasteiger partial charge < -0.3 is 0 Å². The standard InChI is InChI=1S/C54H40S6/c1-29-7-17-35(18-8-29)53(36-19-9-30(2)10-20-36)39-27-43(41-25-15-33(5)55-41)57-47(39)49-45(53)51-52(59-49)46-50(60-51)48-40(28-44(58-48)42-26-16-34(6)56-42)54(46,37-21-11-31(3)12-22-37)38-23-13-32(4)14-24-38/h7-28H,1-6H3. The maximum atomic E-state index is 2.56. The minimum atomic E-state index is -0.474. The Kier molecular flexibility index (Phi) is 8.30. The van der Waals surface area contributed by atoms with Crippen molar-refractivity contribution in [1.82, 2.24) is 0 Å². The summed E-state index contributed by atoms with van der Waals surface area (Å²) in [6.45, 7) is 13.3. The second-order valence-corrected chi connectivity index (χ2v) is 23.5. The van der Waals surface area contributed by atoms with Gasteiger partial charge >= 0.3 is 0 Å². The van der Waals surface area contributed by atoms with Crippen LogP contribution in [0.15, 0.2) is 133 Å². The summed E-state index contributed by atoms with van der Waals surface area (Å²) in [4.78, 5) is 13.9. The van der Waals surface area contributed by atoms with E-state index >= 15 is 0 Å². The average Bonchev–Trinajstić information content (AvgIpc) is 4.11. The van der Waals surface area contributed by atoms with Gasteiger partial charge in [0.05, 0.1) is 39.7 Å². The fourth-order valence-corrected chi connectivity index (χ4v) is 17.7. The maximum Gasteiger partial charge on any atom is 0.0745 e. The lowest BCUT2D eigenvalue weighted by molar-refractivity contribution is 0.776. The minimum Gasteiger partial charge on any atom is -0.140 e. The van der Waals surface area contributed by atoms with Gasteiger partial charge in [0.1, 0.15) is 0 Å². The van der Waals surface area contributed by atoms with Crippen molar-refractivity contribution in [3.8, 4) is 39.0 Å². The Labute approximate surface area is 375 Å². The lowest BCUT2D eigenvalue weighted by atomic mass is 9.67. The summed E-state index contributed by atoms with van der Waals surface area (Å²) in [5.41, 5.74) is 15.3. The van der Waals surface area contributed by atoms with Crippen LogP contribution < -0.4 is 0 Å². The second kappa shape index (κ2) is 13.4. The highest BCUT2D eigenvalue weighted by atomic mass is 32.1. The van der Waals surface area contributed by atoms with Gasteiger partial charge in [0, 0.05) is 40.4 Å². The van der Waals surface area contributed by atoms with Gasteiger partial charge in [0.2, 0.25) is 0 Å². The zero-order chi connectivity index (χ0) is 40.7. The number of aryl methyl sites for hydroxylation is 6. The van der Waals surface area contributed by atoms with E-state index < -0.39 is 10.8 Å². The number of benzene rings is 4. The molecule has 0 saturated heterocycles. The van der Waals surface area contributed by atoms with Gasteiger partial charge in [-0.25, -0.2) is 0 Å². The van der Waals surface area contributed by atoms with E-state index in [9.17, 15) is 0 Å². The molecule has 4 aromatic carbocycles. The summed E-state index contributed by atoms with van der Waals surface area (Å²) >= 11 is 11.9. The Hall–Kier alpha value is -4.66. The van der Waals surface area contributed by atoms with Crippen LogP contribution >= 0.6 is 68.0 Å². The Morgan fingerprint density at radius 3 is 0.900 bits per heavy atom. The quantitative estimate of drug-likeness (QED) is 0.156. The first kappa shape index (κ1) is 37.1. The third-order valence-electron chi connectivity index (χ3n) is 12.9. The summed E-state index contributed by atoms with van der Waals surface area (Å²) in [7, 11) is 0. The van der Waals surface area contributed by atoms with Crippen molar-refractivity contribution < 1.29 is 0 Å². The zero-order valence-corrected chi connectivity index (χ0v) is 39.1. The molecule has 0 aliphatic heterocycles. The predicted octanol–water partition coefficient (Wildman–Crippen LogP) is 17.1. The number of hydrogen-bond donors (Lipinski definition) is 0. The Morgan fingerprint density at radius 2 is 0.617 bits per heavy atom. The van der Waals surface area contributed by atoms with Crippen LogP contribution in [0.4, 0.5) is 0 Å². The summed E-state index contributed by atoms with van der Waals surface area (Å²) < 4.78 is 2.88. The molecule has 292 valence electrons. The van der Waals surface area contributed by atoms with Crippen molar-refractivity contribution >= 4 is 77.4 Å². The number of rotatable bonds is 6. The molecular weight excluding hydrogens is 841 g/mol. The molecule has 2 aliphatic rings. The second-order valence-electron chi connectivity index (χ2n) is 16.8. The van der Waals surface area contributed by atoms with E-state index in [1.165, 1.54) is 125 Å². The third-order valence-corrected chi connectivity index (χ3v) is 20.4. The zero-order valence-electron chi connectivity index (χ0n) is 34.2. The van der Waals surface area contributed by atoms with Gasteiger partial charge in [0.25, 0.3) is 0 Å². The van der Waals surface area contributed by atoms with Crippen LogP contribution in [-0.4, -0.2) is 0 Å². The highest BCUT2D eigenvalue weighted by Gasteiger charge is 2.55. The molecule has 60 heavy (non-hydrogen) atoms. The Morgan fingerprint density at radius 1 is 0.300 bits per heavy atom. The van der Waals surface area contributed by atoms with E-state index in [1.54, 1.807) is 0 Å². The molecule has 0 nitrogen and oxygen atoms in total. The summed E-state index contributed by atoms with van der Waals surface area (Å²) in [6, 6.07) is 52.2. The smallest absolute Gasteiger partial charge is 0.0745 e. The van der Waals surface area contributed by atoms with E-state index in [1.807, 2.05) is 45.3 Å². The number of hydrogen-bond acceptors (Lipinski definition) is 6. The van der Waals surface area contributed by atoms with E-state index in [-0.39, 0.29) is 0 Å². The van der Waals surface area contributed by atoms with Crippen LogP contribution in [0, 0.1) is 41.5 Å². The summed E-state index contributed by atoms with van der Waals surface area (Å²) in [5.74, 6) is 0. The molecule has 0 atom stereocenters. The molecule has 0 N–H and O–H groups in total. The van der Waals surface area contributed by atoms with E-state index in [0.717, 1.165) is 0 Å². The third kappa shape index (κ3) is 5.10. The molecule has 6 aromatic heterocycles. The van der Waals surface area contributed by atoms with E-state index in [0.29, 0.717) is 0 Å². The molecule has 0 fully saturated rings. The van der Waals surface area contributed by atoms with Crippen LogP contribution in [0.25, 0.3) is 48.4 Å². The van der Waals surface area contributed by atoms with E-state index in [2.05, 4.69) is 198 Å². The lowest BCUT2D eigenvalue weighted by Crippen LogP contribution is -2.28. The molecule has 10 aromatic rings. The van der Waals surface area contributed by atoms with Crippen LogP contribution in [0.2, 0.25) is 0 Å². The van der Waals surface area contributed by atoms with Crippen molar-refractivity contribution in [3.05, 3.63) is 210 Å². The first-order chi connectivity index (χ1) is 29.1. The summed E-state index contributed by atoms with van der Waals surface area (Å²) in [5, 5.41) is 0. The molecule has 0 amide bonds. The van der Waals surface area contributed by atoms with Gasteiger partial charge in [-0.15, -0.1) is 68.0 Å². The highest BCUT2D eigenvalue weighted by Crippen LogP contribution is 2.70. The van der Waals surface area contributed by atoms with Gasteiger partial charge in [-0.3, -0.25) is 0 Å². The van der Waals surface area contributed by atoms with Crippen LogP contribution in [-0.2, 0) is 10.8 Å². The number of thiophene rings is 6. The van der Waals surface area contributed by atoms with Gasteiger partial charge in [-0.05, 0) is 111 Å². The molecular formula is C54H40S6. The molecule has 0 unspecified atom stereocenters. The van der Waals surface area contributed by atoms with Crippen LogP contribution in [0.1, 0.15) is 76.5 Å². The molecule has 0 spiro atoms. The predicted molar refractivity (Wildman–Crippen MR) is 265 cm³/mol. The average molecular weight is 881 g/mol.